The SMILES string of the molecule is CN(C)c1ccc([C@H]2C(=C(O)c3ccc(Cl)cc3)C(=O)C(=O)N2CCCCCC(=O)O)cc1. The van der Waals surface area contributed by atoms with Gasteiger partial charge in [-0.1, -0.05) is 30.2 Å². The van der Waals surface area contributed by atoms with Crippen molar-refractivity contribution in [2.75, 3.05) is 25.5 Å². The predicted octanol–water partition coefficient (Wildman–Crippen LogP) is 4.47. The third-order valence-electron chi connectivity index (χ3n) is 5.67. The Bertz CT molecular complexity index is 1060. The van der Waals surface area contributed by atoms with Crippen molar-refractivity contribution >= 4 is 40.7 Å². The minimum Gasteiger partial charge on any atom is -0.507 e. The number of amides is 1. The van der Waals surface area contributed by atoms with Crippen LogP contribution in [0.5, 0.6) is 0 Å². The second-order valence-electron chi connectivity index (χ2n) is 8.19. The van der Waals surface area contributed by atoms with Crippen LogP contribution in [0.25, 0.3) is 5.76 Å². The molecule has 1 atom stereocenters. The summed E-state index contributed by atoms with van der Waals surface area (Å²) in [5, 5.41) is 20.3. The third kappa shape index (κ3) is 5.54. The number of unbranched alkanes of at least 4 members (excludes halogenated alkanes) is 2. The molecule has 1 aliphatic rings. The molecule has 0 radical (unpaired) electrons. The molecule has 0 aliphatic carbocycles. The Morgan fingerprint density at radius 3 is 2.18 bits per heavy atom. The van der Waals surface area contributed by atoms with E-state index in [4.69, 9.17) is 16.7 Å². The number of hydrogen-bond donors (Lipinski definition) is 2. The van der Waals surface area contributed by atoms with Gasteiger partial charge >= 0.3 is 5.97 Å². The smallest absolute Gasteiger partial charge is 0.303 e. The fourth-order valence-electron chi connectivity index (χ4n) is 3.91. The average Bonchev–Trinajstić information content (AvgIpc) is 3.03. The van der Waals surface area contributed by atoms with Gasteiger partial charge in [0, 0.05) is 43.3 Å². The molecule has 33 heavy (non-hydrogen) atoms. The molecule has 0 aromatic heterocycles. The molecule has 2 aromatic carbocycles. The van der Waals surface area contributed by atoms with Crippen LogP contribution in [0, 0.1) is 0 Å². The molecule has 2 aromatic rings. The number of aliphatic hydroxyl groups is 1. The van der Waals surface area contributed by atoms with Crippen LogP contribution in [-0.4, -0.2) is 53.4 Å². The van der Waals surface area contributed by atoms with E-state index in [0.29, 0.717) is 35.4 Å². The lowest BCUT2D eigenvalue weighted by molar-refractivity contribution is -0.140. The van der Waals surface area contributed by atoms with Crippen LogP contribution in [0.4, 0.5) is 5.69 Å². The van der Waals surface area contributed by atoms with E-state index < -0.39 is 23.7 Å². The van der Waals surface area contributed by atoms with Crippen molar-refractivity contribution in [3.8, 4) is 0 Å². The maximum atomic E-state index is 13.0. The first-order chi connectivity index (χ1) is 15.7. The molecule has 0 bridgehead atoms. The number of aliphatic carboxylic acids is 1. The number of Topliss-reactive ketones (excluding diaryl/α,β-unsaturated/α-hetero) is 1. The van der Waals surface area contributed by atoms with Crippen LogP contribution in [0.15, 0.2) is 54.1 Å². The molecule has 0 unspecified atom stereocenters. The molecule has 0 saturated carbocycles. The molecule has 1 aliphatic heterocycles. The van der Waals surface area contributed by atoms with Gasteiger partial charge in [0.15, 0.2) is 0 Å². The largest absolute Gasteiger partial charge is 0.507 e. The van der Waals surface area contributed by atoms with Gasteiger partial charge in [0.25, 0.3) is 11.7 Å². The number of likely N-dealkylation sites (tertiary alicyclic amines) is 1. The summed E-state index contributed by atoms with van der Waals surface area (Å²) in [6.45, 7) is 0.279. The van der Waals surface area contributed by atoms with E-state index >= 15 is 0 Å². The molecule has 1 amide bonds. The number of carbonyl (C=O) groups is 3. The number of hydrogen-bond acceptors (Lipinski definition) is 5. The van der Waals surface area contributed by atoms with E-state index in [9.17, 15) is 19.5 Å². The number of carboxylic acid groups (broad SMARTS) is 1. The molecule has 1 fully saturated rings. The fourth-order valence-corrected chi connectivity index (χ4v) is 4.04. The first kappa shape index (κ1) is 24.3. The van der Waals surface area contributed by atoms with Gasteiger partial charge in [0.05, 0.1) is 11.6 Å². The Balaban J connectivity index is 1.98. The molecule has 8 heteroatoms. The lowest BCUT2D eigenvalue weighted by atomic mass is 9.95. The van der Waals surface area contributed by atoms with E-state index in [2.05, 4.69) is 0 Å². The number of anilines is 1. The highest BCUT2D eigenvalue weighted by Gasteiger charge is 2.45. The fraction of sp³-hybridized carbons (Fsp3) is 0.320. The van der Waals surface area contributed by atoms with Gasteiger partial charge in [-0.3, -0.25) is 14.4 Å². The zero-order chi connectivity index (χ0) is 24.1. The van der Waals surface area contributed by atoms with Gasteiger partial charge in [-0.15, -0.1) is 0 Å². The average molecular weight is 471 g/mol. The molecular formula is C25H27ClN2O5. The number of aliphatic hydroxyl groups excluding tert-OH is 1. The molecule has 7 nitrogen and oxygen atoms in total. The summed E-state index contributed by atoms with van der Waals surface area (Å²) < 4.78 is 0. The highest BCUT2D eigenvalue weighted by Crippen LogP contribution is 2.40. The predicted molar refractivity (Wildman–Crippen MR) is 127 cm³/mol. The highest BCUT2D eigenvalue weighted by molar-refractivity contribution is 6.46. The number of ketones is 1. The quantitative estimate of drug-likeness (QED) is 0.243. The van der Waals surface area contributed by atoms with Crippen LogP contribution in [0.3, 0.4) is 0 Å². The zero-order valence-corrected chi connectivity index (χ0v) is 19.4. The number of halogens is 1. The van der Waals surface area contributed by atoms with Crippen molar-refractivity contribution in [2.24, 2.45) is 0 Å². The molecule has 1 saturated heterocycles. The van der Waals surface area contributed by atoms with E-state index in [1.54, 1.807) is 24.3 Å². The molecular weight excluding hydrogens is 444 g/mol. The van der Waals surface area contributed by atoms with Gasteiger partial charge < -0.3 is 20.0 Å². The van der Waals surface area contributed by atoms with E-state index in [-0.39, 0.29) is 24.3 Å². The summed E-state index contributed by atoms with van der Waals surface area (Å²) in [7, 11) is 3.83. The van der Waals surface area contributed by atoms with Crippen LogP contribution in [-0.2, 0) is 14.4 Å². The van der Waals surface area contributed by atoms with Crippen LogP contribution >= 0.6 is 11.6 Å². The Labute approximate surface area is 197 Å². The topological polar surface area (TPSA) is 98.2 Å². The summed E-state index contributed by atoms with van der Waals surface area (Å²) in [5.74, 6) is -2.53. The van der Waals surface area contributed by atoms with Gasteiger partial charge in [-0.25, -0.2) is 0 Å². The number of nitrogens with zero attached hydrogens (tertiary/aromatic N) is 2. The van der Waals surface area contributed by atoms with Crippen molar-refractivity contribution in [3.05, 3.63) is 70.3 Å². The maximum Gasteiger partial charge on any atom is 0.303 e. The summed E-state index contributed by atoms with van der Waals surface area (Å²) in [6, 6.07) is 13.2. The molecule has 3 rings (SSSR count). The lowest BCUT2D eigenvalue weighted by Crippen LogP contribution is -2.30. The Kier molecular flexibility index (Phi) is 7.76. The standard InChI is InChI=1S/C25H27ClN2O5/c1-27(2)19-13-9-16(10-14-19)22-21(23(31)17-7-11-18(26)12-8-17)24(32)25(33)28(22)15-5-3-4-6-20(29)30/h7-14,22,31H,3-6,15H2,1-2H3,(H,29,30)/t22-/m0/s1. The minimum atomic E-state index is -0.862. The minimum absolute atomic E-state index is 0.0328. The third-order valence-corrected chi connectivity index (χ3v) is 5.92. The maximum absolute atomic E-state index is 13.0. The molecule has 2 N–H and O–H groups in total. The first-order valence-corrected chi connectivity index (χ1v) is 11.1. The van der Waals surface area contributed by atoms with Crippen LogP contribution < -0.4 is 4.90 Å². The molecule has 174 valence electrons. The summed E-state index contributed by atoms with van der Waals surface area (Å²) >= 11 is 5.95. The van der Waals surface area contributed by atoms with E-state index in [1.807, 2.05) is 43.3 Å². The number of carbonyl (C=O) groups excluding carboxylic acids is 2. The summed E-state index contributed by atoms with van der Waals surface area (Å²) in [4.78, 5) is 40.1. The number of rotatable bonds is 9. The van der Waals surface area contributed by atoms with Gasteiger partial charge in [0.2, 0.25) is 0 Å². The van der Waals surface area contributed by atoms with Crippen molar-refractivity contribution in [3.63, 3.8) is 0 Å². The van der Waals surface area contributed by atoms with Crippen molar-refractivity contribution < 1.29 is 24.6 Å². The molecule has 1 heterocycles. The van der Waals surface area contributed by atoms with Crippen LogP contribution in [0.1, 0.15) is 42.9 Å². The normalized spacial score (nSPS) is 17.4. The van der Waals surface area contributed by atoms with Crippen molar-refractivity contribution in [2.45, 2.75) is 31.7 Å². The number of carboxylic acids is 1. The van der Waals surface area contributed by atoms with Gasteiger partial charge in [-0.05, 0) is 54.8 Å². The second kappa shape index (κ2) is 10.5. The van der Waals surface area contributed by atoms with Crippen molar-refractivity contribution in [1.29, 1.82) is 0 Å². The molecule has 0 spiro atoms. The highest BCUT2D eigenvalue weighted by atomic mass is 35.5. The Morgan fingerprint density at radius 1 is 0.970 bits per heavy atom. The summed E-state index contributed by atoms with van der Waals surface area (Å²) in [5.41, 5.74) is 2.10. The van der Waals surface area contributed by atoms with Crippen LogP contribution in [0.2, 0.25) is 5.02 Å². The lowest BCUT2D eigenvalue weighted by Gasteiger charge is -2.26. The zero-order valence-electron chi connectivity index (χ0n) is 18.6. The number of benzene rings is 2. The monoisotopic (exact) mass is 470 g/mol. The van der Waals surface area contributed by atoms with E-state index in [1.165, 1.54) is 4.90 Å². The van der Waals surface area contributed by atoms with Gasteiger partial charge in [-0.2, -0.15) is 0 Å². The Hall–Kier alpha value is -3.32. The second-order valence-corrected chi connectivity index (χ2v) is 8.63. The first-order valence-electron chi connectivity index (χ1n) is 10.7. The Morgan fingerprint density at radius 2 is 1.61 bits per heavy atom. The van der Waals surface area contributed by atoms with E-state index in [0.717, 1.165) is 5.69 Å². The van der Waals surface area contributed by atoms with Crippen molar-refractivity contribution in [1.82, 2.24) is 4.90 Å². The summed E-state index contributed by atoms with van der Waals surface area (Å²) in [6.07, 6.45) is 1.71. The van der Waals surface area contributed by atoms with Gasteiger partial charge in [0.1, 0.15) is 5.76 Å².